The number of halogens is 3. The predicted octanol–water partition coefficient (Wildman–Crippen LogP) is 3.49. The topological polar surface area (TPSA) is 26.3 Å². The summed E-state index contributed by atoms with van der Waals surface area (Å²) >= 11 is 0. The van der Waals surface area contributed by atoms with Crippen LogP contribution in [0.3, 0.4) is 0 Å². The van der Waals surface area contributed by atoms with Crippen molar-refractivity contribution in [3.05, 3.63) is 29.3 Å². The Morgan fingerprint density at radius 1 is 1.33 bits per heavy atom. The molecule has 0 N–H and O–H groups in total. The van der Waals surface area contributed by atoms with Crippen LogP contribution in [0.4, 0.5) is 13.2 Å². The minimum absolute atomic E-state index is 0.282. The summed E-state index contributed by atoms with van der Waals surface area (Å²) in [7, 11) is 0. The van der Waals surface area contributed by atoms with Crippen molar-refractivity contribution in [1.82, 2.24) is 0 Å². The zero-order chi connectivity index (χ0) is 13.6. The highest BCUT2D eigenvalue weighted by molar-refractivity contribution is 6.00. The van der Waals surface area contributed by atoms with Gasteiger partial charge in [-0.1, -0.05) is 13.8 Å². The fourth-order valence-corrected chi connectivity index (χ4v) is 2.04. The Morgan fingerprint density at radius 3 is 2.61 bits per heavy atom. The van der Waals surface area contributed by atoms with Gasteiger partial charge in [0.05, 0.1) is 6.61 Å². The first-order valence-corrected chi connectivity index (χ1v) is 5.61. The van der Waals surface area contributed by atoms with E-state index in [1.54, 1.807) is 0 Å². The van der Waals surface area contributed by atoms with Gasteiger partial charge in [0.25, 0.3) is 5.78 Å². The molecule has 1 aliphatic heterocycles. The van der Waals surface area contributed by atoms with Crippen LogP contribution >= 0.6 is 0 Å². The lowest BCUT2D eigenvalue weighted by Crippen LogP contribution is -2.28. The minimum Gasteiger partial charge on any atom is -0.493 e. The third-order valence-electron chi connectivity index (χ3n) is 3.21. The molecular weight excluding hydrogens is 245 g/mol. The van der Waals surface area contributed by atoms with Gasteiger partial charge in [0, 0.05) is 11.1 Å². The van der Waals surface area contributed by atoms with Gasteiger partial charge in [0.15, 0.2) is 0 Å². The summed E-state index contributed by atoms with van der Waals surface area (Å²) < 4.78 is 42.5. The highest BCUT2D eigenvalue weighted by atomic mass is 19.4. The quantitative estimate of drug-likeness (QED) is 0.721. The molecule has 1 aromatic carbocycles. The van der Waals surface area contributed by atoms with E-state index >= 15 is 0 Å². The molecule has 0 atom stereocenters. The molecule has 0 bridgehead atoms. The highest BCUT2D eigenvalue weighted by Gasteiger charge is 2.40. The van der Waals surface area contributed by atoms with Crippen LogP contribution in [-0.2, 0) is 5.41 Å². The van der Waals surface area contributed by atoms with E-state index in [4.69, 9.17) is 4.74 Å². The van der Waals surface area contributed by atoms with Crippen LogP contribution in [0.25, 0.3) is 0 Å². The number of Topliss-reactive ketones (excluding diaryl/α,β-unsaturated/α-hetero) is 1. The van der Waals surface area contributed by atoms with Gasteiger partial charge >= 0.3 is 6.18 Å². The largest absolute Gasteiger partial charge is 0.493 e. The van der Waals surface area contributed by atoms with Crippen molar-refractivity contribution in [1.29, 1.82) is 0 Å². The van der Waals surface area contributed by atoms with E-state index in [-0.39, 0.29) is 11.0 Å². The van der Waals surface area contributed by atoms with E-state index < -0.39 is 12.0 Å². The normalized spacial score (nSPS) is 17.8. The molecule has 0 fully saturated rings. The smallest absolute Gasteiger partial charge is 0.454 e. The highest BCUT2D eigenvalue weighted by Crippen LogP contribution is 2.39. The first-order valence-electron chi connectivity index (χ1n) is 5.61. The number of hydrogen-bond acceptors (Lipinski definition) is 2. The number of carbonyl (C=O) groups excluding carboxylic acids is 1. The lowest BCUT2D eigenvalue weighted by atomic mass is 9.79. The van der Waals surface area contributed by atoms with Gasteiger partial charge in [-0.05, 0) is 30.0 Å². The molecule has 0 unspecified atom stereocenters. The Kier molecular flexibility index (Phi) is 2.87. The predicted molar refractivity (Wildman–Crippen MR) is 60.0 cm³/mol. The van der Waals surface area contributed by atoms with E-state index in [1.165, 1.54) is 12.1 Å². The second kappa shape index (κ2) is 4.00. The standard InChI is InChI=1S/C13H13F3O2/c1-12(2)5-6-18-10-4-3-8(7-9(10)12)11(17)13(14,15)16/h3-4,7H,5-6H2,1-2H3. The van der Waals surface area contributed by atoms with Crippen LogP contribution in [0.15, 0.2) is 18.2 Å². The molecule has 98 valence electrons. The van der Waals surface area contributed by atoms with Gasteiger partial charge in [-0.3, -0.25) is 4.79 Å². The molecule has 18 heavy (non-hydrogen) atoms. The minimum atomic E-state index is -4.84. The van der Waals surface area contributed by atoms with E-state index in [1.807, 2.05) is 13.8 Å². The van der Waals surface area contributed by atoms with E-state index in [9.17, 15) is 18.0 Å². The Bertz CT molecular complexity index is 489. The summed E-state index contributed by atoms with van der Waals surface area (Å²) in [5.41, 5.74) is 0.0406. The number of alkyl halides is 3. The molecule has 1 aromatic rings. The van der Waals surface area contributed by atoms with Crippen molar-refractivity contribution in [2.24, 2.45) is 0 Å². The molecule has 2 nitrogen and oxygen atoms in total. The lowest BCUT2D eigenvalue weighted by molar-refractivity contribution is -0.0885. The summed E-state index contributed by atoms with van der Waals surface area (Å²) in [5, 5.41) is 0. The molecule has 1 heterocycles. The number of benzene rings is 1. The maximum absolute atomic E-state index is 12.4. The molecule has 0 spiro atoms. The third-order valence-corrected chi connectivity index (χ3v) is 3.21. The summed E-state index contributed by atoms with van der Waals surface area (Å²) in [6.45, 7) is 4.39. The van der Waals surface area contributed by atoms with Crippen molar-refractivity contribution in [2.75, 3.05) is 6.61 Å². The van der Waals surface area contributed by atoms with E-state index in [0.29, 0.717) is 24.3 Å². The SMILES string of the molecule is CC1(C)CCOc2ccc(C(=O)C(F)(F)F)cc21. The van der Waals surface area contributed by atoms with Crippen LogP contribution in [0.5, 0.6) is 5.75 Å². The molecule has 0 saturated carbocycles. The van der Waals surface area contributed by atoms with Gasteiger partial charge in [0.1, 0.15) is 5.75 Å². The van der Waals surface area contributed by atoms with E-state index in [2.05, 4.69) is 0 Å². The van der Waals surface area contributed by atoms with Gasteiger partial charge in [-0.25, -0.2) is 0 Å². The number of ether oxygens (including phenoxy) is 1. The van der Waals surface area contributed by atoms with Crippen LogP contribution < -0.4 is 4.74 Å². The average molecular weight is 258 g/mol. The fraction of sp³-hybridized carbons (Fsp3) is 0.462. The number of ketones is 1. The zero-order valence-electron chi connectivity index (χ0n) is 10.1. The van der Waals surface area contributed by atoms with Crippen molar-refractivity contribution in [3.8, 4) is 5.75 Å². The molecule has 0 aliphatic carbocycles. The molecular formula is C13H13F3O2. The van der Waals surface area contributed by atoms with Gasteiger partial charge in [-0.2, -0.15) is 13.2 Å². The van der Waals surface area contributed by atoms with Crippen molar-refractivity contribution >= 4 is 5.78 Å². The van der Waals surface area contributed by atoms with E-state index in [0.717, 1.165) is 6.07 Å². The Hall–Kier alpha value is -1.52. The second-order valence-corrected chi connectivity index (χ2v) is 5.02. The fourth-order valence-electron chi connectivity index (χ4n) is 2.04. The maximum atomic E-state index is 12.4. The number of rotatable bonds is 1. The molecule has 2 rings (SSSR count). The second-order valence-electron chi connectivity index (χ2n) is 5.02. The van der Waals surface area contributed by atoms with Crippen LogP contribution in [0.1, 0.15) is 36.2 Å². The molecule has 5 heteroatoms. The maximum Gasteiger partial charge on any atom is 0.454 e. The number of hydrogen-bond donors (Lipinski definition) is 0. The van der Waals surface area contributed by atoms with Crippen molar-refractivity contribution in [2.45, 2.75) is 31.9 Å². The monoisotopic (exact) mass is 258 g/mol. The summed E-state index contributed by atoms with van der Waals surface area (Å²) in [5.74, 6) is -1.25. The first-order chi connectivity index (χ1) is 8.22. The van der Waals surface area contributed by atoms with Crippen molar-refractivity contribution in [3.63, 3.8) is 0 Å². The summed E-state index contributed by atoms with van der Waals surface area (Å²) in [4.78, 5) is 11.2. The molecule has 0 radical (unpaired) electrons. The average Bonchev–Trinajstić information content (AvgIpc) is 2.26. The first kappa shape index (κ1) is 12.9. The zero-order valence-corrected chi connectivity index (χ0v) is 10.1. The van der Waals surface area contributed by atoms with Gasteiger partial charge < -0.3 is 4.74 Å². The van der Waals surface area contributed by atoms with Crippen LogP contribution in [0, 0.1) is 0 Å². The van der Waals surface area contributed by atoms with Crippen molar-refractivity contribution < 1.29 is 22.7 Å². The summed E-state index contributed by atoms with van der Waals surface area (Å²) in [6.07, 6.45) is -4.13. The number of carbonyl (C=O) groups is 1. The van der Waals surface area contributed by atoms with Crippen LogP contribution in [-0.4, -0.2) is 18.6 Å². The molecule has 0 saturated heterocycles. The molecule has 1 aliphatic rings. The molecule has 0 amide bonds. The third kappa shape index (κ3) is 2.21. The van der Waals surface area contributed by atoms with Crippen LogP contribution in [0.2, 0.25) is 0 Å². The summed E-state index contributed by atoms with van der Waals surface area (Å²) in [6, 6.07) is 3.90. The lowest BCUT2D eigenvalue weighted by Gasteiger charge is -2.32. The Labute approximate surface area is 103 Å². The van der Waals surface area contributed by atoms with Gasteiger partial charge in [-0.15, -0.1) is 0 Å². The number of fused-ring (bicyclic) bond motifs is 1. The van der Waals surface area contributed by atoms with Gasteiger partial charge in [0.2, 0.25) is 0 Å². The Morgan fingerprint density at radius 2 is 2.00 bits per heavy atom. The molecule has 0 aromatic heterocycles. The Balaban J connectivity index is 2.47.